The normalized spacial score (nSPS) is 12.2. The van der Waals surface area contributed by atoms with Crippen LogP contribution in [-0.2, 0) is 6.42 Å². The van der Waals surface area contributed by atoms with E-state index >= 15 is 0 Å². The molecule has 0 aliphatic carbocycles. The van der Waals surface area contributed by atoms with Crippen molar-refractivity contribution < 1.29 is 4.74 Å². The van der Waals surface area contributed by atoms with E-state index in [1.165, 1.54) is 16.7 Å². The molecule has 2 heteroatoms. The van der Waals surface area contributed by atoms with Crippen molar-refractivity contribution in [3.8, 4) is 5.75 Å². The van der Waals surface area contributed by atoms with Gasteiger partial charge in [0.05, 0.1) is 6.61 Å². The first kappa shape index (κ1) is 14.6. The van der Waals surface area contributed by atoms with Crippen molar-refractivity contribution >= 4 is 0 Å². The lowest BCUT2D eigenvalue weighted by molar-refractivity contribution is 0.319. The number of rotatable bonds is 6. The first-order chi connectivity index (χ1) is 9.70. The van der Waals surface area contributed by atoms with Crippen LogP contribution in [0.4, 0.5) is 0 Å². The highest BCUT2D eigenvalue weighted by Gasteiger charge is 2.06. The summed E-state index contributed by atoms with van der Waals surface area (Å²) in [5.74, 6) is 0.980. The molecule has 20 heavy (non-hydrogen) atoms. The van der Waals surface area contributed by atoms with Crippen LogP contribution in [0.15, 0.2) is 48.5 Å². The predicted octanol–water partition coefficient (Wildman–Crippen LogP) is 3.90. The van der Waals surface area contributed by atoms with Crippen molar-refractivity contribution in [1.29, 1.82) is 0 Å². The summed E-state index contributed by atoms with van der Waals surface area (Å²) in [7, 11) is 1.98. The molecule has 0 bridgehead atoms. The molecule has 0 heterocycles. The minimum Gasteiger partial charge on any atom is -0.493 e. The van der Waals surface area contributed by atoms with Gasteiger partial charge < -0.3 is 10.1 Å². The molecule has 0 spiro atoms. The molecule has 0 saturated carbocycles. The van der Waals surface area contributed by atoms with Crippen molar-refractivity contribution in [2.45, 2.75) is 26.3 Å². The van der Waals surface area contributed by atoms with Crippen LogP contribution in [-0.4, -0.2) is 13.7 Å². The van der Waals surface area contributed by atoms with Crippen LogP contribution in [0, 0.1) is 6.92 Å². The minimum absolute atomic E-state index is 0.368. The van der Waals surface area contributed by atoms with Crippen molar-refractivity contribution in [2.75, 3.05) is 13.7 Å². The van der Waals surface area contributed by atoms with E-state index in [1.54, 1.807) is 0 Å². The number of hydrogen-bond acceptors (Lipinski definition) is 2. The lowest BCUT2D eigenvalue weighted by atomic mass is 10.1. The van der Waals surface area contributed by atoms with Crippen LogP contribution < -0.4 is 10.1 Å². The second kappa shape index (κ2) is 7.11. The van der Waals surface area contributed by atoms with E-state index in [1.807, 2.05) is 13.1 Å². The van der Waals surface area contributed by atoms with Crippen LogP contribution in [0.3, 0.4) is 0 Å². The number of ether oxygens (including phenoxy) is 1. The van der Waals surface area contributed by atoms with E-state index in [-0.39, 0.29) is 0 Å². The lowest BCUT2D eigenvalue weighted by Gasteiger charge is -2.14. The highest BCUT2D eigenvalue weighted by atomic mass is 16.5. The quantitative estimate of drug-likeness (QED) is 0.859. The van der Waals surface area contributed by atoms with Crippen LogP contribution in [0.1, 0.15) is 29.7 Å². The van der Waals surface area contributed by atoms with Gasteiger partial charge in [0.15, 0.2) is 0 Å². The van der Waals surface area contributed by atoms with E-state index in [0.29, 0.717) is 12.6 Å². The molecule has 0 aromatic heterocycles. The Balaban J connectivity index is 1.93. The number of aryl methyl sites for hydroxylation is 1. The summed E-state index contributed by atoms with van der Waals surface area (Å²) in [6, 6.07) is 17.2. The van der Waals surface area contributed by atoms with E-state index in [9.17, 15) is 0 Å². The zero-order valence-electron chi connectivity index (χ0n) is 12.5. The maximum absolute atomic E-state index is 5.89. The van der Waals surface area contributed by atoms with E-state index < -0.39 is 0 Å². The van der Waals surface area contributed by atoms with Gasteiger partial charge in [-0.05, 0) is 43.7 Å². The van der Waals surface area contributed by atoms with E-state index in [2.05, 4.69) is 61.6 Å². The molecule has 0 aliphatic heterocycles. The summed E-state index contributed by atoms with van der Waals surface area (Å²) in [5.41, 5.74) is 3.80. The molecular formula is C18H23NO. The smallest absolute Gasteiger partial charge is 0.122 e. The Morgan fingerprint density at radius 2 is 1.85 bits per heavy atom. The number of nitrogens with one attached hydrogen (secondary N) is 1. The van der Waals surface area contributed by atoms with E-state index in [0.717, 1.165) is 12.2 Å². The van der Waals surface area contributed by atoms with Crippen molar-refractivity contribution in [3.05, 3.63) is 65.2 Å². The fraction of sp³-hybridized carbons (Fsp3) is 0.333. The highest BCUT2D eigenvalue weighted by molar-refractivity contribution is 5.37. The molecule has 2 aromatic rings. The average molecular weight is 269 g/mol. The minimum atomic E-state index is 0.368. The molecule has 0 fully saturated rings. The Labute approximate surface area is 121 Å². The summed E-state index contributed by atoms with van der Waals surface area (Å²) in [6.07, 6.45) is 0.939. The third-order valence-corrected chi connectivity index (χ3v) is 3.62. The third-order valence-electron chi connectivity index (χ3n) is 3.62. The van der Waals surface area contributed by atoms with Crippen molar-refractivity contribution in [1.82, 2.24) is 5.32 Å². The van der Waals surface area contributed by atoms with Gasteiger partial charge in [-0.3, -0.25) is 0 Å². The Morgan fingerprint density at radius 1 is 1.10 bits per heavy atom. The SMILES string of the molecule is CNC(C)c1ccc(OCCc2ccccc2)c(C)c1. The molecule has 0 radical (unpaired) electrons. The molecule has 106 valence electrons. The summed E-state index contributed by atoms with van der Waals surface area (Å²) < 4.78 is 5.89. The molecular weight excluding hydrogens is 246 g/mol. The second-order valence-corrected chi connectivity index (χ2v) is 5.12. The zero-order valence-corrected chi connectivity index (χ0v) is 12.5. The molecule has 0 aliphatic rings. The Kier molecular flexibility index (Phi) is 5.19. The van der Waals surface area contributed by atoms with Crippen molar-refractivity contribution in [3.63, 3.8) is 0 Å². The first-order valence-electron chi connectivity index (χ1n) is 7.15. The van der Waals surface area contributed by atoms with Gasteiger partial charge in [0, 0.05) is 12.5 Å². The van der Waals surface area contributed by atoms with Gasteiger partial charge in [-0.1, -0.05) is 42.5 Å². The fourth-order valence-electron chi connectivity index (χ4n) is 2.19. The summed E-state index contributed by atoms with van der Waals surface area (Å²) >= 11 is 0. The zero-order chi connectivity index (χ0) is 14.4. The molecule has 2 aromatic carbocycles. The summed E-state index contributed by atoms with van der Waals surface area (Å²) in [5, 5.41) is 3.25. The molecule has 0 amide bonds. The second-order valence-electron chi connectivity index (χ2n) is 5.12. The Bertz CT molecular complexity index is 536. The average Bonchev–Trinajstić information content (AvgIpc) is 2.49. The monoisotopic (exact) mass is 269 g/mol. The topological polar surface area (TPSA) is 21.3 Å². The van der Waals surface area contributed by atoms with Gasteiger partial charge in [0.25, 0.3) is 0 Å². The van der Waals surface area contributed by atoms with Gasteiger partial charge >= 0.3 is 0 Å². The van der Waals surface area contributed by atoms with Crippen LogP contribution in [0.2, 0.25) is 0 Å². The summed E-state index contributed by atoms with van der Waals surface area (Å²) in [4.78, 5) is 0. The molecule has 2 rings (SSSR count). The lowest BCUT2D eigenvalue weighted by Crippen LogP contribution is -2.12. The highest BCUT2D eigenvalue weighted by Crippen LogP contribution is 2.22. The van der Waals surface area contributed by atoms with Crippen LogP contribution >= 0.6 is 0 Å². The van der Waals surface area contributed by atoms with Gasteiger partial charge in [-0.15, -0.1) is 0 Å². The Morgan fingerprint density at radius 3 is 2.50 bits per heavy atom. The van der Waals surface area contributed by atoms with Crippen LogP contribution in [0.5, 0.6) is 5.75 Å². The van der Waals surface area contributed by atoms with Gasteiger partial charge in [-0.25, -0.2) is 0 Å². The van der Waals surface area contributed by atoms with E-state index in [4.69, 9.17) is 4.74 Å². The summed E-state index contributed by atoms with van der Waals surface area (Å²) in [6.45, 7) is 4.97. The number of hydrogen-bond donors (Lipinski definition) is 1. The molecule has 1 unspecified atom stereocenters. The van der Waals surface area contributed by atoms with Crippen LogP contribution in [0.25, 0.3) is 0 Å². The van der Waals surface area contributed by atoms with Crippen molar-refractivity contribution in [2.24, 2.45) is 0 Å². The maximum Gasteiger partial charge on any atom is 0.122 e. The van der Waals surface area contributed by atoms with Gasteiger partial charge in [0.1, 0.15) is 5.75 Å². The largest absolute Gasteiger partial charge is 0.493 e. The standard InChI is InChI=1S/C18H23NO/c1-14-13-17(15(2)19-3)9-10-18(14)20-12-11-16-7-5-4-6-8-16/h4-10,13,15,19H,11-12H2,1-3H3. The predicted molar refractivity (Wildman–Crippen MR) is 84.3 cm³/mol. The van der Waals surface area contributed by atoms with Gasteiger partial charge in [-0.2, -0.15) is 0 Å². The van der Waals surface area contributed by atoms with Gasteiger partial charge in [0.2, 0.25) is 0 Å². The fourth-order valence-corrected chi connectivity index (χ4v) is 2.19. The molecule has 2 nitrogen and oxygen atoms in total. The first-order valence-corrected chi connectivity index (χ1v) is 7.15. The third kappa shape index (κ3) is 3.84. The molecule has 1 N–H and O–H groups in total. The maximum atomic E-state index is 5.89. The Hall–Kier alpha value is -1.80. The molecule has 0 saturated heterocycles. The molecule has 1 atom stereocenters. The number of benzene rings is 2.